The maximum absolute atomic E-state index is 12.3. The van der Waals surface area contributed by atoms with Gasteiger partial charge in [-0.1, -0.05) is 0 Å². The summed E-state index contributed by atoms with van der Waals surface area (Å²) in [6.07, 6.45) is -0.630. The van der Waals surface area contributed by atoms with Gasteiger partial charge in [-0.2, -0.15) is 0 Å². The first-order valence-electron chi connectivity index (χ1n) is 7.09. The second-order valence-corrected chi connectivity index (χ2v) is 4.77. The molecule has 0 aromatic carbocycles. The number of ether oxygens (including phenoxy) is 3. The van der Waals surface area contributed by atoms with Crippen molar-refractivity contribution < 1.29 is 28.6 Å². The molecule has 8 nitrogen and oxygen atoms in total. The van der Waals surface area contributed by atoms with Crippen molar-refractivity contribution in [2.24, 2.45) is 0 Å². The smallest absolute Gasteiger partial charge is 0.410 e. The molecule has 0 rings (SSSR count). The molecule has 0 spiro atoms. The van der Waals surface area contributed by atoms with Gasteiger partial charge in [-0.05, 0) is 20.8 Å². The Kier molecular flexibility index (Phi) is 9.16. The molecule has 0 heterocycles. The second kappa shape index (κ2) is 9.99. The molecular formula is C14H26N2O6. The van der Waals surface area contributed by atoms with E-state index in [-0.39, 0.29) is 25.7 Å². The highest BCUT2D eigenvalue weighted by Crippen LogP contribution is 2.07. The van der Waals surface area contributed by atoms with Crippen molar-refractivity contribution in [3.8, 4) is 0 Å². The van der Waals surface area contributed by atoms with Crippen LogP contribution in [0.15, 0.2) is 0 Å². The highest BCUT2D eigenvalue weighted by atomic mass is 16.6. The minimum Gasteiger partial charge on any atom is -0.464 e. The Morgan fingerprint density at radius 1 is 0.955 bits per heavy atom. The molecular weight excluding hydrogens is 292 g/mol. The van der Waals surface area contributed by atoms with Crippen molar-refractivity contribution >= 4 is 18.0 Å². The Labute approximate surface area is 131 Å². The molecule has 128 valence electrons. The summed E-state index contributed by atoms with van der Waals surface area (Å²) >= 11 is 0. The van der Waals surface area contributed by atoms with Gasteiger partial charge in [-0.15, -0.1) is 0 Å². The molecule has 0 bridgehead atoms. The molecule has 0 saturated heterocycles. The molecule has 0 saturated carbocycles. The Morgan fingerprint density at radius 3 is 2.05 bits per heavy atom. The van der Waals surface area contributed by atoms with E-state index in [0.717, 1.165) is 0 Å². The van der Waals surface area contributed by atoms with E-state index < -0.39 is 24.1 Å². The summed E-state index contributed by atoms with van der Waals surface area (Å²) in [4.78, 5) is 38.2. The number of methoxy groups -OCH3 is 1. The lowest BCUT2D eigenvalue weighted by molar-refractivity contribution is -0.154. The molecule has 0 radical (unpaired) electrons. The molecule has 2 amide bonds. The van der Waals surface area contributed by atoms with Crippen LogP contribution in [0.4, 0.5) is 4.79 Å². The zero-order valence-electron chi connectivity index (χ0n) is 14.1. The van der Waals surface area contributed by atoms with Crippen molar-refractivity contribution in [2.45, 2.75) is 32.9 Å². The van der Waals surface area contributed by atoms with Crippen LogP contribution in [0.3, 0.4) is 0 Å². The van der Waals surface area contributed by atoms with E-state index >= 15 is 0 Å². The van der Waals surface area contributed by atoms with Gasteiger partial charge in [0.25, 0.3) is 0 Å². The third-order valence-corrected chi connectivity index (χ3v) is 3.30. The van der Waals surface area contributed by atoms with Gasteiger partial charge in [-0.3, -0.25) is 9.69 Å². The zero-order chi connectivity index (χ0) is 17.3. The van der Waals surface area contributed by atoms with Gasteiger partial charge in [-0.25, -0.2) is 9.59 Å². The first-order chi connectivity index (χ1) is 10.3. The lowest BCUT2D eigenvalue weighted by Gasteiger charge is -2.30. The second-order valence-electron chi connectivity index (χ2n) is 4.77. The van der Waals surface area contributed by atoms with E-state index in [1.165, 1.54) is 31.0 Å². The summed E-state index contributed by atoms with van der Waals surface area (Å²) in [5.41, 5.74) is 0. The quantitative estimate of drug-likeness (QED) is 0.478. The fourth-order valence-electron chi connectivity index (χ4n) is 1.54. The van der Waals surface area contributed by atoms with Crippen molar-refractivity contribution in [2.75, 3.05) is 41.0 Å². The zero-order valence-corrected chi connectivity index (χ0v) is 14.1. The normalized spacial score (nSPS) is 13.0. The maximum Gasteiger partial charge on any atom is 0.410 e. The Morgan fingerprint density at radius 2 is 1.55 bits per heavy atom. The minimum atomic E-state index is -0.767. The van der Waals surface area contributed by atoms with Gasteiger partial charge in [0.15, 0.2) is 0 Å². The monoisotopic (exact) mass is 318 g/mol. The number of carbonyl (C=O) groups excluding carboxylic acids is 3. The molecule has 0 aliphatic carbocycles. The van der Waals surface area contributed by atoms with Crippen LogP contribution in [0.5, 0.6) is 0 Å². The summed E-state index contributed by atoms with van der Waals surface area (Å²) in [5, 5.41) is 0. The van der Waals surface area contributed by atoms with Crippen LogP contribution in [-0.2, 0) is 23.8 Å². The highest BCUT2D eigenvalue weighted by molar-refractivity contribution is 5.89. The van der Waals surface area contributed by atoms with E-state index in [1.54, 1.807) is 20.8 Å². The number of rotatable bonds is 8. The molecule has 22 heavy (non-hydrogen) atoms. The van der Waals surface area contributed by atoms with E-state index in [1.807, 2.05) is 0 Å². The molecule has 0 aromatic rings. The van der Waals surface area contributed by atoms with Crippen LogP contribution in [0, 0.1) is 0 Å². The maximum atomic E-state index is 12.3. The summed E-state index contributed by atoms with van der Waals surface area (Å²) in [6.45, 7) is 5.45. The van der Waals surface area contributed by atoms with Gasteiger partial charge < -0.3 is 19.1 Å². The third-order valence-electron chi connectivity index (χ3n) is 3.30. The Balaban J connectivity index is 4.62. The largest absolute Gasteiger partial charge is 0.464 e. The molecule has 2 atom stereocenters. The summed E-state index contributed by atoms with van der Waals surface area (Å²) < 4.78 is 14.6. The summed E-state index contributed by atoms with van der Waals surface area (Å²) in [5.74, 6) is -0.873. The van der Waals surface area contributed by atoms with Gasteiger partial charge in [0, 0.05) is 21.2 Å². The topological polar surface area (TPSA) is 85.4 Å². The molecule has 2 unspecified atom stereocenters. The van der Waals surface area contributed by atoms with E-state index in [4.69, 9.17) is 14.2 Å². The van der Waals surface area contributed by atoms with Crippen molar-refractivity contribution in [1.82, 2.24) is 9.80 Å². The summed E-state index contributed by atoms with van der Waals surface area (Å²) in [7, 11) is 4.44. The van der Waals surface area contributed by atoms with Gasteiger partial charge >= 0.3 is 12.1 Å². The molecule has 0 aliphatic rings. The molecule has 8 heteroatoms. The number of hydrogen-bond acceptors (Lipinski definition) is 6. The number of nitrogens with zero attached hydrogens (tertiary/aromatic N) is 2. The molecule has 0 N–H and O–H groups in total. The van der Waals surface area contributed by atoms with Crippen molar-refractivity contribution in [3.63, 3.8) is 0 Å². The van der Waals surface area contributed by atoms with E-state index in [2.05, 4.69) is 0 Å². The van der Waals surface area contributed by atoms with Crippen LogP contribution in [-0.4, -0.2) is 80.9 Å². The number of hydrogen-bond donors (Lipinski definition) is 0. The molecule has 0 fully saturated rings. The fraction of sp³-hybridized carbons (Fsp3) is 0.786. The van der Waals surface area contributed by atoms with E-state index in [9.17, 15) is 14.4 Å². The number of esters is 1. The standard InChI is InChI=1S/C14H26N2O6/c1-7-21-13(18)11(3)15(4)12(17)10(2)16(5)14(19)22-9-8-20-6/h10-11H,7-9H2,1-6H3. The highest BCUT2D eigenvalue weighted by Gasteiger charge is 2.31. The van der Waals surface area contributed by atoms with Crippen LogP contribution in [0.2, 0.25) is 0 Å². The van der Waals surface area contributed by atoms with Crippen LogP contribution >= 0.6 is 0 Å². The minimum absolute atomic E-state index is 0.107. The van der Waals surface area contributed by atoms with Crippen LogP contribution in [0.1, 0.15) is 20.8 Å². The predicted octanol–water partition coefficient (Wildman–Crippen LogP) is 0.500. The molecule has 0 aromatic heterocycles. The first kappa shape index (κ1) is 20.2. The molecule has 0 aliphatic heterocycles. The Bertz CT molecular complexity index is 388. The number of amides is 2. The van der Waals surface area contributed by atoms with Crippen molar-refractivity contribution in [1.29, 1.82) is 0 Å². The lowest BCUT2D eigenvalue weighted by atomic mass is 10.2. The number of likely N-dealkylation sites (N-methyl/N-ethyl adjacent to an activating group) is 2. The van der Waals surface area contributed by atoms with Crippen LogP contribution < -0.4 is 0 Å². The lowest BCUT2D eigenvalue weighted by Crippen LogP contribution is -2.51. The van der Waals surface area contributed by atoms with E-state index in [0.29, 0.717) is 0 Å². The van der Waals surface area contributed by atoms with Gasteiger partial charge in [0.1, 0.15) is 18.7 Å². The first-order valence-corrected chi connectivity index (χ1v) is 7.09. The third kappa shape index (κ3) is 5.88. The summed E-state index contributed by atoms with van der Waals surface area (Å²) in [6, 6.07) is -1.50. The average Bonchev–Trinajstić information content (AvgIpc) is 2.51. The van der Waals surface area contributed by atoms with Gasteiger partial charge in [0.05, 0.1) is 13.2 Å². The van der Waals surface area contributed by atoms with Crippen molar-refractivity contribution in [3.05, 3.63) is 0 Å². The Hall–Kier alpha value is -1.83. The van der Waals surface area contributed by atoms with Crippen LogP contribution in [0.25, 0.3) is 0 Å². The predicted molar refractivity (Wildman–Crippen MR) is 79.3 cm³/mol. The SMILES string of the molecule is CCOC(=O)C(C)N(C)C(=O)C(C)N(C)C(=O)OCCOC. The number of carbonyl (C=O) groups is 3. The fourth-order valence-corrected chi connectivity index (χ4v) is 1.54. The van der Waals surface area contributed by atoms with Gasteiger partial charge in [0.2, 0.25) is 5.91 Å². The average molecular weight is 318 g/mol.